The SMILES string of the molecule is COc1cc([C@@H]2C3=C(CC(C)(C)CC3=O)Nc3[nH][nH]c(=O)c32)cc(I)c1O. The standard InChI is InChI=1S/C19H20IN3O4/c1-19(2)6-10-14(11(24)7-19)13(15-17(21-10)22-23-18(15)26)8-4-9(20)16(25)12(5-8)27-3/h4-5,13,25H,6-7H2,1-3H3,(H3,21,22,23,26)/t13-/m1/s1. The van der Waals surface area contributed by atoms with Crippen molar-refractivity contribution in [3.63, 3.8) is 0 Å². The monoisotopic (exact) mass is 481 g/mol. The third-order valence-electron chi connectivity index (χ3n) is 5.19. The molecule has 2 aromatic rings. The van der Waals surface area contributed by atoms with Crippen LogP contribution in [-0.2, 0) is 4.79 Å². The topological polar surface area (TPSA) is 107 Å². The van der Waals surface area contributed by atoms with Gasteiger partial charge in [-0.05, 0) is 52.1 Å². The lowest BCUT2D eigenvalue weighted by Gasteiger charge is -2.38. The minimum absolute atomic E-state index is 0.0343. The second-order valence-corrected chi connectivity index (χ2v) is 8.97. The number of phenols is 1. The van der Waals surface area contributed by atoms with Gasteiger partial charge < -0.3 is 15.2 Å². The number of aromatic nitrogens is 2. The quantitative estimate of drug-likeness (QED) is 0.493. The molecule has 0 saturated heterocycles. The highest BCUT2D eigenvalue weighted by Gasteiger charge is 2.42. The van der Waals surface area contributed by atoms with E-state index in [4.69, 9.17) is 4.74 Å². The van der Waals surface area contributed by atoms with Gasteiger partial charge in [0.15, 0.2) is 17.3 Å². The summed E-state index contributed by atoms with van der Waals surface area (Å²) in [6, 6.07) is 3.49. The van der Waals surface area contributed by atoms with E-state index in [-0.39, 0.29) is 22.5 Å². The molecule has 142 valence electrons. The number of hydrogen-bond donors (Lipinski definition) is 4. The Labute approximate surface area is 169 Å². The summed E-state index contributed by atoms with van der Waals surface area (Å²) in [5.41, 5.74) is 2.26. The van der Waals surface area contributed by atoms with E-state index >= 15 is 0 Å². The van der Waals surface area contributed by atoms with E-state index in [0.717, 1.165) is 11.3 Å². The molecule has 4 rings (SSSR count). The molecule has 0 amide bonds. The number of benzene rings is 1. The molecule has 1 aromatic carbocycles. The van der Waals surface area contributed by atoms with Crippen LogP contribution in [0, 0.1) is 8.99 Å². The Morgan fingerprint density at radius 3 is 2.67 bits per heavy atom. The lowest BCUT2D eigenvalue weighted by Crippen LogP contribution is -2.35. The fourth-order valence-electron chi connectivity index (χ4n) is 4.07. The van der Waals surface area contributed by atoms with E-state index < -0.39 is 5.92 Å². The molecule has 0 radical (unpaired) electrons. The molecule has 4 N–H and O–H groups in total. The molecule has 1 aliphatic carbocycles. The first-order chi connectivity index (χ1) is 12.7. The fraction of sp³-hybridized carbons (Fsp3) is 0.368. The van der Waals surface area contributed by atoms with Gasteiger partial charge in [-0.1, -0.05) is 13.8 Å². The summed E-state index contributed by atoms with van der Waals surface area (Å²) in [6.45, 7) is 4.13. The van der Waals surface area contributed by atoms with Gasteiger partial charge in [-0.2, -0.15) is 0 Å². The van der Waals surface area contributed by atoms with Crippen LogP contribution >= 0.6 is 22.6 Å². The van der Waals surface area contributed by atoms with Crippen LogP contribution < -0.4 is 15.6 Å². The van der Waals surface area contributed by atoms with Crippen molar-refractivity contribution < 1.29 is 14.6 Å². The number of ketones is 1. The number of aromatic hydroxyl groups is 1. The number of H-pyrrole nitrogens is 2. The molecule has 0 unspecified atom stereocenters. The van der Waals surface area contributed by atoms with Gasteiger partial charge in [0.1, 0.15) is 5.82 Å². The van der Waals surface area contributed by atoms with Gasteiger partial charge in [-0.25, -0.2) is 0 Å². The summed E-state index contributed by atoms with van der Waals surface area (Å²) in [5.74, 6) is 0.459. The number of rotatable bonds is 2. The van der Waals surface area contributed by atoms with Crippen LogP contribution in [0.15, 0.2) is 28.2 Å². The highest BCUT2D eigenvalue weighted by Crippen LogP contribution is 2.48. The van der Waals surface area contributed by atoms with Gasteiger partial charge in [0, 0.05) is 23.6 Å². The number of methoxy groups -OCH3 is 1. The lowest BCUT2D eigenvalue weighted by molar-refractivity contribution is -0.118. The Morgan fingerprint density at radius 2 is 1.96 bits per heavy atom. The summed E-state index contributed by atoms with van der Waals surface area (Å²) in [4.78, 5) is 25.6. The first kappa shape index (κ1) is 18.1. The predicted octanol–water partition coefficient (Wildman–Crippen LogP) is 3.22. The molecule has 1 aliphatic heterocycles. The van der Waals surface area contributed by atoms with Gasteiger partial charge in [-0.15, -0.1) is 0 Å². The first-order valence-electron chi connectivity index (χ1n) is 8.62. The second-order valence-electron chi connectivity index (χ2n) is 7.81. The average Bonchev–Trinajstić information content (AvgIpc) is 2.95. The molecule has 1 atom stereocenters. The maximum absolute atomic E-state index is 13.1. The number of ether oxygens (including phenoxy) is 1. The van der Waals surface area contributed by atoms with Crippen molar-refractivity contribution >= 4 is 34.2 Å². The maximum atomic E-state index is 13.1. The molecule has 0 bridgehead atoms. The Morgan fingerprint density at radius 1 is 1.22 bits per heavy atom. The third kappa shape index (κ3) is 2.86. The number of carbonyl (C=O) groups is 1. The number of anilines is 1. The minimum Gasteiger partial charge on any atom is -0.504 e. The van der Waals surface area contributed by atoms with Crippen molar-refractivity contribution in [3.05, 3.63) is 48.5 Å². The number of allylic oxidation sites excluding steroid dienone is 2. The van der Waals surface area contributed by atoms with E-state index in [0.29, 0.717) is 39.1 Å². The number of aromatic amines is 2. The number of nitrogens with one attached hydrogen (secondary N) is 3. The van der Waals surface area contributed by atoms with E-state index in [1.807, 2.05) is 22.6 Å². The van der Waals surface area contributed by atoms with Gasteiger partial charge >= 0.3 is 0 Å². The molecular formula is C19H20IN3O4. The minimum atomic E-state index is -0.516. The average molecular weight is 481 g/mol. The third-order valence-corrected chi connectivity index (χ3v) is 6.01. The summed E-state index contributed by atoms with van der Waals surface area (Å²) in [6.07, 6.45) is 1.14. The van der Waals surface area contributed by atoms with E-state index in [2.05, 4.69) is 29.4 Å². The lowest BCUT2D eigenvalue weighted by atomic mass is 9.69. The van der Waals surface area contributed by atoms with Crippen LogP contribution in [0.2, 0.25) is 0 Å². The number of Topliss-reactive ketones (excluding diaryl/α,β-unsaturated/α-hetero) is 1. The zero-order chi connectivity index (χ0) is 19.5. The molecule has 7 nitrogen and oxygen atoms in total. The van der Waals surface area contributed by atoms with Crippen molar-refractivity contribution in [3.8, 4) is 11.5 Å². The Kier molecular flexibility index (Phi) is 4.13. The Hall–Kier alpha value is -2.23. The Balaban J connectivity index is 1.98. The van der Waals surface area contributed by atoms with E-state index in [9.17, 15) is 14.7 Å². The van der Waals surface area contributed by atoms with Crippen LogP contribution in [0.25, 0.3) is 0 Å². The zero-order valence-corrected chi connectivity index (χ0v) is 17.4. The molecule has 27 heavy (non-hydrogen) atoms. The molecule has 2 heterocycles. The van der Waals surface area contributed by atoms with E-state index in [1.54, 1.807) is 12.1 Å². The van der Waals surface area contributed by atoms with Crippen molar-refractivity contribution in [1.82, 2.24) is 10.2 Å². The van der Waals surface area contributed by atoms with Crippen LogP contribution in [0.5, 0.6) is 11.5 Å². The summed E-state index contributed by atoms with van der Waals surface area (Å²) >= 11 is 2.02. The molecule has 1 aromatic heterocycles. The number of hydrogen-bond acceptors (Lipinski definition) is 5. The van der Waals surface area contributed by atoms with Gasteiger partial charge in [0.05, 0.1) is 16.2 Å². The van der Waals surface area contributed by atoms with Gasteiger partial charge in [0.2, 0.25) is 0 Å². The molecular weight excluding hydrogens is 461 g/mol. The zero-order valence-electron chi connectivity index (χ0n) is 15.2. The van der Waals surface area contributed by atoms with Crippen LogP contribution in [0.4, 0.5) is 5.82 Å². The maximum Gasteiger partial charge on any atom is 0.270 e. The summed E-state index contributed by atoms with van der Waals surface area (Å²) in [5, 5.41) is 18.9. The normalized spacial score (nSPS) is 20.7. The number of phenolic OH excluding ortho intramolecular Hbond substituents is 1. The van der Waals surface area contributed by atoms with E-state index in [1.165, 1.54) is 7.11 Å². The number of fused-ring (bicyclic) bond motifs is 1. The largest absolute Gasteiger partial charge is 0.504 e. The van der Waals surface area contributed by atoms with Gasteiger partial charge in [-0.3, -0.25) is 19.8 Å². The predicted molar refractivity (Wildman–Crippen MR) is 109 cm³/mol. The smallest absolute Gasteiger partial charge is 0.270 e. The highest BCUT2D eigenvalue weighted by molar-refractivity contribution is 14.1. The van der Waals surface area contributed by atoms with Crippen LogP contribution in [-0.4, -0.2) is 28.2 Å². The summed E-state index contributed by atoms with van der Waals surface area (Å²) < 4.78 is 5.88. The van der Waals surface area contributed by atoms with Crippen molar-refractivity contribution in [2.75, 3.05) is 12.4 Å². The number of halogens is 1. The van der Waals surface area contributed by atoms with Crippen molar-refractivity contribution in [2.45, 2.75) is 32.6 Å². The molecule has 8 heteroatoms. The van der Waals surface area contributed by atoms with Crippen LogP contribution in [0.3, 0.4) is 0 Å². The number of carbonyl (C=O) groups excluding carboxylic acids is 1. The highest BCUT2D eigenvalue weighted by atomic mass is 127. The van der Waals surface area contributed by atoms with Crippen molar-refractivity contribution in [1.29, 1.82) is 0 Å². The first-order valence-corrected chi connectivity index (χ1v) is 9.70. The second kappa shape index (κ2) is 6.15. The van der Waals surface area contributed by atoms with Gasteiger partial charge in [0.25, 0.3) is 5.56 Å². The fourth-order valence-corrected chi connectivity index (χ4v) is 4.69. The van der Waals surface area contributed by atoms with Crippen LogP contribution in [0.1, 0.15) is 43.7 Å². The Bertz CT molecular complexity index is 1050. The molecule has 0 saturated carbocycles. The molecule has 0 spiro atoms. The summed E-state index contributed by atoms with van der Waals surface area (Å²) in [7, 11) is 1.48. The molecule has 2 aliphatic rings. The molecule has 0 fully saturated rings. The van der Waals surface area contributed by atoms with Crippen molar-refractivity contribution in [2.24, 2.45) is 5.41 Å².